The van der Waals surface area contributed by atoms with Gasteiger partial charge in [-0.05, 0) is 54.4 Å². The molecule has 0 amide bonds. The van der Waals surface area contributed by atoms with E-state index in [1.54, 1.807) is 0 Å². The molecule has 0 aliphatic carbocycles. The Morgan fingerprint density at radius 3 is 2.38 bits per heavy atom. The van der Waals surface area contributed by atoms with Gasteiger partial charge in [-0.2, -0.15) is 0 Å². The van der Waals surface area contributed by atoms with E-state index < -0.39 is 5.60 Å². The molecule has 118 valence electrons. The van der Waals surface area contributed by atoms with Gasteiger partial charge in [-0.15, -0.1) is 0 Å². The molecule has 1 fully saturated rings. The zero-order valence-electron chi connectivity index (χ0n) is 13.1. The molecule has 2 rings (SSSR count). The van der Waals surface area contributed by atoms with E-state index in [4.69, 9.17) is 5.73 Å². The van der Waals surface area contributed by atoms with E-state index in [1.165, 1.54) is 5.69 Å². The zero-order chi connectivity index (χ0) is 15.6. The topological polar surface area (TPSA) is 52.7 Å². The molecule has 0 spiro atoms. The molecule has 1 heterocycles. The third-order valence-corrected chi connectivity index (χ3v) is 4.46. The number of nitrogens with zero attached hydrogens (tertiary/aromatic N) is 2. The van der Waals surface area contributed by atoms with Crippen LogP contribution in [-0.2, 0) is 0 Å². The highest BCUT2D eigenvalue weighted by atomic mass is 79.9. The van der Waals surface area contributed by atoms with Gasteiger partial charge in [0.25, 0.3) is 0 Å². The summed E-state index contributed by atoms with van der Waals surface area (Å²) in [5.41, 5.74) is 7.67. The molecule has 1 aromatic carbocycles. The van der Waals surface area contributed by atoms with Crippen molar-refractivity contribution in [3.05, 3.63) is 28.2 Å². The maximum absolute atomic E-state index is 9.90. The predicted octanol–water partition coefficient (Wildman–Crippen LogP) is 2.36. The van der Waals surface area contributed by atoms with Crippen LogP contribution < -0.4 is 10.6 Å². The van der Waals surface area contributed by atoms with Crippen molar-refractivity contribution in [2.75, 3.05) is 37.6 Å². The second kappa shape index (κ2) is 6.65. The molecule has 21 heavy (non-hydrogen) atoms. The number of rotatable bonds is 4. The number of piperazine rings is 1. The molecule has 1 aliphatic heterocycles. The molecule has 0 unspecified atom stereocenters. The fraction of sp³-hybridized carbons (Fsp3) is 0.625. The van der Waals surface area contributed by atoms with Gasteiger partial charge in [-0.3, -0.25) is 4.90 Å². The summed E-state index contributed by atoms with van der Waals surface area (Å²) in [5.74, 6) is 0. The van der Waals surface area contributed by atoms with Crippen LogP contribution in [-0.4, -0.2) is 48.3 Å². The van der Waals surface area contributed by atoms with Crippen LogP contribution in [0.5, 0.6) is 0 Å². The normalized spacial score (nSPS) is 18.9. The lowest BCUT2D eigenvalue weighted by Crippen LogP contribution is -2.50. The monoisotopic (exact) mass is 355 g/mol. The highest BCUT2D eigenvalue weighted by Gasteiger charge is 2.23. The first-order valence-electron chi connectivity index (χ1n) is 7.51. The Morgan fingerprint density at radius 1 is 1.29 bits per heavy atom. The molecule has 3 N–H and O–H groups in total. The maximum Gasteiger partial charge on any atom is 0.0718 e. The molecular weight excluding hydrogens is 330 g/mol. The van der Waals surface area contributed by atoms with E-state index in [1.807, 2.05) is 20.8 Å². The minimum Gasteiger partial charge on any atom is -0.389 e. The van der Waals surface area contributed by atoms with E-state index in [2.05, 4.69) is 43.9 Å². The quantitative estimate of drug-likeness (QED) is 0.870. The Bertz CT molecular complexity index is 477. The van der Waals surface area contributed by atoms with Crippen LogP contribution in [0.4, 0.5) is 5.69 Å². The van der Waals surface area contributed by atoms with Crippen LogP contribution in [0.2, 0.25) is 0 Å². The third kappa shape index (κ3) is 4.68. The van der Waals surface area contributed by atoms with Gasteiger partial charge < -0.3 is 15.7 Å². The molecule has 4 nitrogen and oxygen atoms in total. The summed E-state index contributed by atoms with van der Waals surface area (Å²) in [6.07, 6.45) is 0. The van der Waals surface area contributed by atoms with Crippen molar-refractivity contribution in [2.24, 2.45) is 5.73 Å². The van der Waals surface area contributed by atoms with Crippen molar-refractivity contribution in [1.29, 1.82) is 0 Å². The lowest BCUT2D eigenvalue weighted by molar-refractivity contribution is 0.0345. The Hall–Kier alpha value is -0.620. The van der Waals surface area contributed by atoms with Crippen LogP contribution in [0.15, 0.2) is 22.7 Å². The van der Waals surface area contributed by atoms with Crippen LogP contribution >= 0.6 is 15.9 Å². The lowest BCUT2D eigenvalue weighted by atomic mass is 10.1. The largest absolute Gasteiger partial charge is 0.389 e. The van der Waals surface area contributed by atoms with E-state index in [9.17, 15) is 5.11 Å². The van der Waals surface area contributed by atoms with Gasteiger partial charge in [0.15, 0.2) is 0 Å². The van der Waals surface area contributed by atoms with Crippen molar-refractivity contribution in [3.8, 4) is 0 Å². The summed E-state index contributed by atoms with van der Waals surface area (Å²) in [4.78, 5) is 4.71. The van der Waals surface area contributed by atoms with Gasteiger partial charge in [0.1, 0.15) is 0 Å². The van der Waals surface area contributed by atoms with Crippen molar-refractivity contribution in [3.63, 3.8) is 0 Å². The fourth-order valence-electron chi connectivity index (χ4n) is 2.76. The minimum absolute atomic E-state index is 0.0546. The molecule has 0 aromatic heterocycles. The maximum atomic E-state index is 9.90. The number of aliphatic hydroxyl groups is 1. The fourth-order valence-corrected chi connectivity index (χ4v) is 3.40. The Balaban J connectivity index is 1.99. The van der Waals surface area contributed by atoms with Gasteiger partial charge in [0, 0.05) is 43.2 Å². The number of hydrogen-bond acceptors (Lipinski definition) is 4. The van der Waals surface area contributed by atoms with Crippen LogP contribution in [0.1, 0.15) is 32.4 Å². The summed E-state index contributed by atoms with van der Waals surface area (Å²) in [6, 6.07) is 6.42. The second-order valence-corrected chi connectivity index (χ2v) is 7.43. The second-order valence-electron chi connectivity index (χ2n) is 6.58. The molecular formula is C16H26BrN3O. The van der Waals surface area contributed by atoms with Crippen molar-refractivity contribution in [1.82, 2.24) is 4.90 Å². The van der Waals surface area contributed by atoms with Gasteiger partial charge in [-0.1, -0.05) is 6.07 Å². The predicted molar refractivity (Wildman–Crippen MR) is 91.7 cm³/mol. The summed E-state index contributed by atoms with van der Waals surface area (Å²) in [7, 11) is 0. The first-order valence-corrected chi connectivity index (χ1v) is 8.30. The minimum atomic E-state index is -0.623. The molecule has 1 aromatic rings. The number of hydrogen-bond donors (Lipinski definition) is 2. The standard InChI is InChI=1S/C16H26BrN3O/c1-12(18)13-4-5-15(14(17)10-13)20-8-6-19(7-9-20)11-16(2,3)21/h4-5,10,12,21H,6-9,11,18H2,1-3H3/t12-/m0/s1. The van der Waals surface area contributed by atoms with Crippen molar-refractivity contribution >= 4 is 21.6 Å². The van der Waals surface area contributed by atoms with Crippen LogP contribution in [0.25, 0.3) is 0 Å². The average molecular weight is 356 g/mol. The summed E-state index contributed by atoms with van der Waals surface area (Å²) in [5, 5.41) is 9.90. The Labute approximate surface area is 136 Å². The third-order valence-electron chi connectivity index (χ3n) is 3.82. The average Bonchev–Trinajstić information content (AvgIpc) is 2.38. The zero-order valence-corrected chi connectivity index (χ0v) is 14.7. The Morgan fingerprint density at radius 2 is 1.90 bits per heavy atom. The highest BCUT2D eigenvalue weighted by Crippen LogP contribution is 2.29. The summed E-state index contributed by atoms with van der Waals surface area (Å²) < 4.78 is 1.10. The number of halogens is 1. The molecule has 5 heteroatoms. The smallest absolute Gasteiger partial charge is 0.0718 e. The first-order chi connectivity index (χ1) is 9.76. The van der Waals surface area contributed by atoms with E-state index in [-0.39, 0.29) is 6.04 Å². The van der Waals surface area contributed by atoms with E-state index >= 15 is 0 Å². The Kier molecular flexibility index (Phi) is 5.30. The molecule has 0 radical (unpaired) electrons. The molecule has 1 atom stereocenters. The molecule has 1 aliphatic rings. The number of β-amino-alcohol motifs (C(OH)–C–C–N with tert-alkyl or cyclic N) is 1. The van der Waals surface area contributed by atoms with Gasteiger partial charge in [0.2, 0.25) is 0 Å². The summed E-state index contributed by atoms with van der Waals surface area (Å²) >= 11 is 3.66. The van der Waals surface area contributed by atoms with E-state index in [0.717, 1.165) is 42.8 Å². The van der Waals surface area contributed by atoms with Crippen molar-refractivity contribution in [2.45, 2.75) is 32.4 Å². The highest BCUT2D eigenvalue weighted by molar-refractivity contribution is 9.10. The molecule has 1 saturated heterocycles. The SMILES string of the molecule is C[C@H](N)c1ccc(N2CCN(CC(C)(C)O)CC2)c(Br)c1. The van der Waals surface area contributed by atoms with Gasteiger partial charge in [0.05, 0.1) is 11.3 Å². The van der Waals surface area contributed by atoms with Gasteiger partial charge >= 0.3 is 0 Å². The molecule has 0 bridgehead atoms. The number of benzene rings is 1. The van der Waals surface area contributed by atoms with Crippen molar-refractivity contribution < 1.29 is 5.11 Å². The number of anilines is 1. The van der Waals surface area contributed by atoms with E-state index in [0.29, 0.717) is 0 Å². The summed E-state index contributed by atoms with van der Waals surface area (Å²) in [6.45, 7) is 10.4. The van der Waals surface area contributed by atoms with Crippen LogP contribution in [0, 0.1) is 0 Å². The number of nitrogens with two attached hydrogens (primary N) is 1. The van der Waals surface area contributed by atoms with Gasteiger partial charge in [-0.25, -0.2) is 0 Å². The lowest BCUT2D eigenvalue weighted by Gasteiger charge is -2.38. The first kappa shape index (κ1) is 16.7. The molecule has 0 saturated carbocycles. The van der Waals surface area contributed by atoms with Crippen LogP contribution in [0.3, 0.4) is 0 Å².